The summed E-state index contributed by atoms with van der Waals surface area (Å²) in [4.78, 5) is 0. The van der Waals surface area contributed by atoms with Crippen molar-refractivity contribution >= 4 is 15.9 Å². The highest BCUT2D eigenvalue weighted by Crippen LogP contribution is 2.15. The summed E-state index contributed by atoms with van der Waals surface area (Å²) in [6.45, 7) is 0.945. The Balaban J connectivity index is 3.41. The highest BCUT2D eigenvalue weighted by atomic mass is 79.9. The molecule has 0 aromatic rings. The lowest BCUT2D eigenvalue weighted by Gasteiger charge is -2.12. The maximum atomic E-state index is 11.6. The third kappa shape index (κ3) is 6.91. The zero-order valence-corrected chi connectivity index (χ0v) is 8.41. The molecule has 0 aromatic carbocycles. The molecule has 5 heteroatoms. The molecule has 0 saturated carbocycles. The van der Waals surface area contributed by atoms with Crippen LogP contribution in [0, 0.1) is 5.92 Å². The fourth-order valence-corrected chi connectivity index (χ4v) is 1.26. The Hall–Kier alpha value is 0.230. The molecule has 0 aliphatic carbocycles. The van der Waals surface area contributed by atoms with E-state index in [0.717, 1.165) is 6.42 Å². The molecule has 0 amide bonds. The highest BCUT2D eigenvalue weighted by Gasteiger charge is 2.27. The molecule has 0 spiro atoms. The minimum atomic E-state index is -4.20. The first kappa shape index (κ1) is 12.2. The van der Waals surface area contributed by atoms with Crippen LogP contribution in [0.25, 0.3) is 0 Å². The number of halogens is 4. The van der Waals surface area contributed by atoms with Gasteiger partial charge in [-0.2, -0.15) is 13.2 Å². The second kappa shape index (κ2) is 5.80. The number of hydrogen-bond donors (Lipinski definition) is 0. The molecule has 0 heterocycles. The average molecular weight is 249 g/mol. The summed E-state index contributed by atoms with van der Waals surface area (Å²) >= 11 is 3.20. The Morgan fingerprint density at radius 1 is 1.42 bits per heavy atom. The van der Waals surface area contributed by atoms with Gasteiger partial charge in [-0.3, -0.25) is 0 Å². The molecule has 0 aromatic heterocycles. The quantitative estimate of drug-likeness (QED) is 0.680. The lowest BCUT2D eigenvalue weighted by atomic mass is 10.1. The van der Waals surface area contributed by atoms with Gasteiger partial charge in [0.2, 0.25) is 0 Å². The van der Waals surface area contributed by atoms with Gasteiger partial charge >= 0.3 is 6.18 Å². The van der Waals surface area contributed by atoms with Gasteiger partial charge in [0.15, 0.2) is 0 Å². The molecule has 74 valence electrons. The predicted molar refractivity (Wildman–Crippen MR) is 44.4 cm³/mol. The van der Waals surface area contributed by atoms with E-state index < -0.39 is 12.8 Å². The lowest BCUT2D eigenvalue weighted by Crippen LogP contribution is -2.20. The van der Waals surface area contributed by atoms with Crippen molar-refractivity contribution in [1.82, 2.24) is 0 Å². The Morgan fingerprint density at radius 3 is 2.33 bits per heavy atom. The van der Waals surface area contributed by atoms with Crippen molar-refractivity contribution in [3.05, 3.63) is 0 Å². The summed E-state index contributed by atoms with van der Waals surface area (Å²) in [7, 11) is 0. The van der Waals surface area contributed by atoms with Crippen LogP contribution in [0.1, 0.15) is 13.3 Å². The highest BCUT2D eigenvalue weighted by molar-refractivity contribution is 9.09. The van der Waals surface area contributed by atoms with Gasteiger partial charge in [-0.05, 0) is 5.92 Å². The van der Waals surface area contributed by atoms with Crippen molar-refractivity contribution in [3.63, 3.8) is 0 Å². The van der Waals surface area contributed by atoms with Crippen LogP contribution < -0.4 is 0 Å². The monoisotopic (exact) mass is 248 g/mol. The molecule has 0 bridgehead atoms. The van der Waals surface area contributed by atoms with Crippen molar-refractivity contribution in [2.24, 2.45) is 5.92 Å². The van der Waals surface area contributed by atoms with Gasteiger partial charge in [0.1, 0.15) is 6.61 Å². The first-order chi connectivity index (χ1) is 5.49. The van der Waals surface area contributed by atoms with Crippen molar-refractivity contribution in [1.29, 1.82) is 0 Å². The standard InChI is InChI=1S/C7H12BrF3O/c1-2-6(3-8)4-12-5-7(9,10)11/h6H,2-5H2,1H3. The minimum Gasteiger partial charge on any atom is -0.372 e. The maximum absolute atomic E-state index is 11.6. The summed E-state index contributed by atoms with van der Waals surface area (Å²) in [6.07, 6.45) is -3.38. The van der Waals surface area contributed by atoms with E-state index in [1.54, 1.807) is 0 Å². The van der Waals surface area contributed by atoms with Crippen LogP contribution >= 0.6 is 15.9 Å². The molecule has 0 aliphatic rings. The van der Waals surface area contributed by atoms with Gasteiger partial charge in [-0.15, -0.1) is 0 Å². The van der Waals surface area contributed by atoms with Crippen LogP contribution in [0.3, 0.4) is 0 Å². The van der Waals surface area contributed by atoms with Gasteiger partial charge < -0.3 is 4.74 Å². The zero-order chi connectivity index (χ0) is 9.61. The van der Waals surface area contributed by atoms with E-state index >= 15 is 0 Å². The fraction of sp³-hybridized carbons (Fsp3) is 1.00. The van der Waals surface area contributed by atoms with Crippen LogP contribution in [-0.4, -0.2) is 24.7 Å². The number of ether oxygens (including phenoxy) is 1. The molecule has 0 radical (unpaired) electrons. The van der Waals surface area contributed by atoms with E-state index in [2.05, 4.69) is 20.7 Å². The van der Waals surface area contributed by atoms with Gasteiger partial charge in [0.25, 0.3) is 0 Å². The Bertz CT molecular complexity index is 112. The number of hydrogen-bond acceptors (Lipinski definition) is 1. The van der Waals surface area contributed by atoms with Crippen LogP contribution in [0.15, 0.2) is 0 Å². The number of alkyl halides is 4. The normalized spacial score (nSPS) is 14.8. The molecular weight excluding hydrogens is 237 g/mol. The molecule has 0 rings (SSSR count). The van der Waals surface area contributed by atoms with E-state index in [0.29, 0.717) is 5.33 Å². The molecule has 1 atom stereocenters. The second-order valence-electron chi connectivity index (χ2n) is 2.56. The first-order valence-electron chi connectivity index (χ1n) is 3.70. The molecular formula is C7H12BrF3O. The second-order valence-corrected chi connectivity index (χ2v) is 3.21. The van der Waals surface area contributed by atoms with Crippen molar-refractivity contribution in [2.45, 2.75) is 19.5 Å². The molecule has 0 aliphatic heterocycles. The lowest BCUT2D eigenvalue weighted by molar-refractivity contribution is -0.176. The molecule has 0 saturated heterocycles. The summed E-state index contributed by atoms with van der Waals surface area (Å²) in [5.74, 6) is 0.173. The topological polar surface area (TPSA) is 9.23 Å². The Labute approximate surface area is 78.4 Å². The maximum Gasteiger partial charge on any atom is 0.411 e. The van der Waals surface area contributed by atoms with E-state index in [1.807, 2.05) is 6.92 Å². The van der Waals surface area contributed by atoms with Crippen LogP contribution in [0.5, 0.6) is 0 Å². The third-order valence-electron chi connectivity index (χ3n) is 1.41. The van der Waals surface area contributed by atoms with Gasteiger partial charge in [0.05, 0.1) is 6.61 Å². The Morgan fingerprint density at radius 2 is 2.00 bits per heavy atom. The summed E-state index contributed by atoms with van der Waals surface area (Å²) in [5, 5.41) is 0.682. The molecule has 0 N–H and O–H groups in total. The van der Waals surface area contributed by atoms with E-state index in [-0.39, 0.29) is 12.5 Å². The molecule has 1 nitrogen and oxygen atoms in total. The van der Waals surface area contributed by atoms with Crippen molar-refractivity contribution in [2.75, 3.05) is 18.5 Å². The summed E-state index contributed by atoms with van der Waals surface area (Å²) < 4.78 is 39.2. The molecule has 12 heavy (non-hydrogen) atoms. The van der Waals surface area contributed by atoms with Gasteiger partial charge in [0, 0.05) is 5.33 Å². The zero-order valence-electron chi connectivity index (χ0n) is 6.83. The summed E-state index contributed by atoms with van der Waals surface area (Å²) in [5.41, 5.74) is 0. The van der Waals surface area contributed by atoms with Crippen molar-refractivity contribution in [3.8, 4) is 0 Å². The van der Waals surface area contributed by atoms with Gasteiger partial charge in [-0.1, -0.05) is 29.3 Å². The predicted octanol–water partition coefficient (Wildman–Crippen LogP) is 2.99. The first-order valence-corrected chi connectivity index (χ1v) is 4.82. The van der Waals surface area contributed by atoms with Crippen LogP contribution in [-0.2, 0) is 4.74 Å². The van der Waals surface area contributed by atoms with E-state index in [9.17, 15) is 13.2 Å². The molecule has 1 unspecified atom stereocenters. The van der Waals surface area contributed by atoms with E-state index in [4.69, 9.17) is 0 Å². The third-order valence-corrected chi connectivity index (χ3v) is 2.33. The summed E-state index contributed by atoms with van der Waals surface area (Å²) in [6, 6.07) is 0. The average Bonchev–Trinajstić information content (AvgIpc) is 1.96. The van der Waals surface area contributed by atoms with Crippen molar-refractivity contribution < 1.29 is 17.9 Å². The largest absolute Gasteiger partial charge is 0.411 e. The fourth-order valence-electron chi connectivity index (χ4n) is 0.613. The van der Waals surface area contributed by atoms with Crippen LogP contribution in [0.4, 0.5) is 13.2 Å². The Kier molecular flexibility index (Phi) is 5.92. The SMILES string of the molecule is CCC(CBr)COCC(F)(F)F. The smallest absolute Gasteiger partial charge is 0.372 e. The minimum absolute atomic E-state index is 0.168. The number of rotatable bonds is 5. The van der Waals surface area contributed by atoms with Crippen LogP contribution in [0.2, 0.25) is 0 Å². The molecule has 0 fully saturated rings. The van der Waals surface area contributed by atoms with E-state index in [1.165, 1.54) is 0 Å². The van der Waals surface area contributed by atoms with Gasteiger partial charge in [-0.25, -0.2) is 0 Å².